The van der Waals surface area contributed by atoms with E-state index in [1.54, 1.807) is 0 Å². The molecule has 9 heteroatoms. The van der Waals surface area contributed by atoms with Crippen molar-refractivity contribution < 1.29 is 22.8 Å². The maximum absolute atomic E-state index is 12.9. The fourth-order valence-electron chi connectivity index (χ4n) is 1.07. The van der Waals surface area contributed by atoms with Crippen LogP contribution in [0.3, 0.4) is 0 Å². The zero-order chi connectivity index (χ0) is 12.5. The van der Waals surface area contributed by atoms with Gasteiger partial charge in [0.15, 0.2) is 5.75 Å². The van der Waals surface area contributed by atoms with Crippen LogP contribution >= 0.6 is 10.7 Å². The summed E-state index contributed by atoms with van der Waals surface area (Å²) in [5.74, 6) is -2.82. The number of nitro groups is 1. The van der Waals surface area contributed by atoms with Crippen molar-refractivity contribution in [3.63, 3.8) is 0 Å². The van der Waals surface area contributed by atoms with Gasteiger partial charge in [-0.05, 0) is 6.07 Å². The molecule has 0 fully saturated rings. The Bertz CT molecular complexity index is 544. The van der Waals surface area contributed by atoms with E-state index in [1.807, 2.05) is 0 Å². The second-order valence-corrected chi connectivity index (χ2v) is 5.65. The highest BCUT2D eigenvalue weighted by atomic mass is 35.7. The van der Waals surface area contributed by atoms with Crippen molar-refractivity contribution in [2.24, 2.45) is 0 Å². The molecule has 0 amide bonds. The molecule has 0 saturated carbocycles. The number of aromatic hydroxyl groups is 1. The topological polar surface area (TPSA) is 97.5 Å². The zero-order valence-corrected chi connectivity index (χ0v) is 9.13. The third-order valence-corrected chi connectivity index (χ3v) is 2.64. The monoisotopic (exact) mass is 269 g/mol. The molecular formula is C7H5ClFNO5S. The van der Waals surface area contributed by atoms with Crippen LogP contribution in [0.15, 0.2) is 12.1 Å². The molecule has 1 rings (SSSR count). The minimum atomic E-state index is -4.04. The van der Waals surface area contributed by atoms with Crippen LogP contribution in [0.4, 0.5) is 10.1 Å². The third kappa shape index (κ3) is 3.04. The Morgan fingerprint density at radius 2 is 2.06 bits per heavy atom. The lowest BCUT2D eigenvalue weighted by atomic mass is 10.2. The van der Waals surface area contributed by atoms with Crippen LogP contribution < -0.4 is 0 Å². The summed E-state index contributed by atoms with van der Waals surface area (Å²) >= 11 is 0. The SMILES string of the molecule is O=[N+]([O-])c1cc(F)cc(CS(=O)(=O)Cl)c1O. The van der Waals surface area contributed by atoms with Crippen LogP contribution in [0.5, 0.6) is 5.75 Å². The average Bonchev–Trinajstić information content (AvgIpc) is 2.07. The fraction of sp³-hybridized carbons (Fsp3) is 0.143. The molecule has 0 spiro atoms. The number of phenolic OH excluding ortho intramolecular Hbond substituents is 1. The van der Waals surface area contributed by atoms with Crippen molar-refractivity contribution in [3.8, 4) is 5.75 Å². The van der Waals surface area contributed by atoms with E-state index in [0.29, 0.717) is 12.1 Å². The van der Waals surface area contributed by atoms with Crippen LogP contribution in [0.2, 0.25) is 0 Å². The van der Waals surface area contributed by atoms with Gasteiger partial charge in [0.1, 0.15) is 5.82 Å². The fourth-order valence-corrected chi connectivity index (χ4v) is 2.02. The first kappa shape index (κ1) is 12.7. The van der Waals surface area contributed by atoms with Crippen LogP contribution in [0.25, 0.3) is 0 Å². The molecule has 6 nitrogen and oxygen atoms in total. The quantitative estimate of drug-likeness (QED) is 0.509. The van der Waals surface area contributed by atoms with Gasteiger partial charge in [0.05, 0.1) is 16.7 Å². The molecule has 88 valence electrons. The van der Waals surface area contributed by atoms with E-state index in [4.69, 9.17) is 10.7 Å². The summed E-state index contributed by atoms with van der Waals surface area (Å²) < 4.78 is 34.3. The van der Waals surface area contributed by atoms with E-state index in [0.717, 1.165) is 0 Å². The molecule has 0 heterocycles. The Kier molecular flexibility index (Phi) is 3.34. The van der Waals surface area contributed by atoms with Gasteiger partial charge in [0.25, 0.3) is 0 Å². The number of halogens is 2. The van der Waals surface area contributed by atoms with Gasteiger partial charge in [0, 0.05) is 16.2 Å². The number of benzene rings is 1. The van der Waals surface area contributed by atoms with Gasteiger partial charge in [-0.2, -0.15) is 0 Å². The molecule has 0 bridgehead atoms. The van der Waals surface area contributed by atoms with Gasteiger partial charge in [-0.3, -0.25) is 10.1 Å². The molecule has 1 aromatic rings. The lowest BCUT2D eigenvalue weighted by Crippen LogP contribution is -1.99. The Labute approximate surface area is 93.8 Å². The van der Waals surface area contributed by atoms with Crippen molar-refractivity contribution in [2.75, 3.05) is 0 Å². The first-order valence-corrected chi connectivity index (χ1v) is 6.26. The smallest absolute Gasteiger partial charge is 0.313 e. The second-order valence-electron chi connectivity index (χ2n) is 2.87. The van der Waals surface area contributed by atoms with Crippen molar-refractivity contribution in [1.82, 2.24) is 0 Å². The van der Waals surface area contributed by atoms with Gasteiger partial charge in [-0.15, -0.1) is 0 Å². The number of rotatable bonds is 3. The van der Waals surface area contributed by atoms with Gasteiger partial charge < -0.3 is 5.11 Å². The van der Waals surface area contributed by atoms with Crippen molar-refractivity contribution in [2.45, 2.75) is 5.75 Å². The molecule has 0 aromatic heterocycles. The maximum Gasteiger partial charge on any atom is 0.313 e. The Balaban J connectivity index is 3.35. The summed E-state index contributed by atoms with van der Waals surface area (Å²) in [4.78, 5) is 9.36. The summed E-state index contributed by atoms with van der Waals surface area (Å²) in [6, 6.07) is 1.15. The Morgan fingerprint density at radius 1 is 1.50 bits per heavy atom. The highest BCUT2D eigenvalue weighted by molar-refractivity contribution is 8.13. The minimum absolute atomic E-state index is 0.457. The summed E-state index contributed by atoms with van der Waals surface area (Å²) in [5, 5.41) is 19.7. The highest BCUT2D eigenvalue weighted by Crippen LogP contribution is 2.32. The van der Waals surface area contributed by atoms with E-state index in [2.05, 4.69) is 0 Å². The largest absolute Gasteiger partial charge is 0.502 e. The van der Waals surface area contributed by atoms with Gasteiger partial charge >= 0.3 is 5.69 Å². The van der Waals surface area contributed by atoms with E-state index in [-0.39, 0.29) is 0 Å². The van der Waals surface area contributed by atoms with Crippen molar-refractivity contribution in [3.05, 3.63) is 33.6 Å². The Hall–Kier alpha value is -1.41. The molecule has 0 atom stereocenters. The summed E-state index contributed by atoms with van der Waals surface area (Å²) in [5.41, 5.74) is -1.36. The molecule has 0 unspecified atom stereocenters. The van der Waals surface area contributed by atoms with Crippen molar-refractivity contribution >= 4 is 25.4 Å². The first-order chi connectivity index (χ1) is 7.20. The molecule has 16 heavy (non-hydrogen) atoms. The van der Waals surface area contributed by atoms with Crippen LogP contribution in [-0.2, 0) is 14.8 Å². The number of phenols is 1. The van der Waals surface area contributed by atoms with E-state index in [9.17, 15) is 28.0 Å². The average molecular weight is 270 g/mol. The molecule has 1 N–H and O–H groups in total. The number of nitro benzene ring substituents is 1. The van der Waals surface area contributed by atoms with Crippen LogP contribution in [-0.4, -0.2) is 18.4 Å². The van der Waals surface area contributed by atoms with Gasteiger partial charge in [-0.1, -0.05) is 0 Å². The number of hydrogen-bond acceptors (Lipinski definition) is 5. The van der Waals surface area contributed by atoms with E-state index in [1.165, 1.54) is 0 Å². The van der Waals surface area contributed by atoms with E-state index >= 15 is 0 Å². The lowest BCUT2D eigenvalue weighted by Gasteiger charge is -2.03. The summed E-state index contributed by atoms with van der Waals surface area (Å²) in [7, 11) is 0.857. The van der Waals surface area contributed by atoms with E-state index < -0.39 is 42.5 Å². The third-order valence-electron chi connectivity index (χ3n) is 1.66. The second kappa shape index (κ2) is 4.22. The predicted octanol–water partition coefficient (Wildman–Crippen LogP) is 1.51. The standard InChI is InChI=1S/C7H5ClFNO5S/c8-16(14,15)3-4-1-5(9)2-6(7(4)11)10(12)13/h1-2,11H,3H2. The molecule has 0 aliphatic carbocycles. The molecule has 0 saturated heterocycles. The zero-order valence-electron chi connectivity index (χ0n) is 7.55. The molecular weight excluding hydrogens is 265 g/mol. The molecule has 1 aromatic carbocycles. The highest BCUT2D eigenvalue weighted by Gasteiger charge is 2.22. The molecule has 0 aliphatic rings. The predicted molar refractivity (Wildman–Crippen MR) is 53.2 cm³/mol. The minimum Gasteiger partial charge on any atom is -0.502 e. The van der Waals surface area contributed by atoms with Gasteiger partial charge in [0.2, 0.25) is 9.05 Å². The Morgan fingerprint density at radius 3 is 2.50 bits per heavy atom. The lowest BCUT2D eigenvalue weighted by molar-refractivity contribution is -0.386. The molecule has 0 radical (unpaired) electrons. The first-order valence-electron chi connectivity index (χ1n) is 3.79. The summed E-state index contributed by atoms with van der Waals surface area (Å²) in [6.45, 7) is 0. The normalized spacial score (nSPS) is 11.4. The number of hydrogen-bond donors (Lipinski definition) is 1. The van der Waals surface area contributed by atoms with Crippen molar-refractivity contribution in [1.29, 1.82) is 0 Å². The van der Waals surface area contributed by atoms with Gasteiger partial charge in [-0.25, -0.2) is 12.8 Å². The molecule has 0 aliphatic heterocycles. The summed E-state index contributed by atoms with van der Waals surface area (Å²) in [6.07, 6.45) is 0. The van der Waals surface area contributed by atoms with Crippen LogP contribution in [0.1, 0.15) is 5.56 Å². The maximum atomic E-state index is 12.9. The van der Waals surface area contributed by atoms with Crippen LogP contribution in [0, 0.1) is 15.9 Å². The number of nitrogens with zero attached hydrogens (tertiary/aromatic N) is 1.